The minimum absolute atomic E-state index is 0.00788. The average Bonchev–Trinajstić information content (AvgIpc) is 3.07. The number of hydrogen-bond acceptors (Lipinski definition) is 3. The Morgan fingerprint density at radius 2 is 2.15 bits per heavy atom. The molecule has 1 aliphatic rings. The Bertz CT molecular complexity index is 599. The largest absolute Gasteiger partial charge is 0.474 e. The van der Waals surface area contributed by atoms with Gasteiger partial charge in [0.2, 0.25) is 5.88 Å². The molecule has 0 aliphatic heterocycles. The second kappa shape index (κ2) is 9.00. The number of carbonyl (C=O) groups is 1. The molecule has 5 nitrogen and oxygen atoms in total. The van der Waals surface area contributed by atoms with Gasteiger partial charge in [-0.2, -0.15) is 13.2 Å². The molecule has 26 heavy (non-hydrogen) atoms. The number of amides is 2. The number of nitrogens with one attached hydrogen (secondary N) is 2. The third-order valence-electron chi connectivity index (χ3n) is 4.06. The summed E-state index contributed by atoms with van der Waals surface area (Å²) in [6, 6.07) is 1.96. The Hall–Kier alpha value is -2.13. The number of urea groups is 1. The van der Waals surface area contributed by atoms with Crippen LogP contribution in [0.2, 0.25) is 0 Å². The molecule has 0 radical (unpaired) electrons. The zero-order chi connectivity index (χ0) is 19.2. The molecular weight excluding hydrogens is 361 g/mol. The SMILES string of the molecule is O=C(NCc1ccnc(OCC(F)CF)c1)NC1CCC(C(F)(F)F)C1. The third kappa shape index (κ3) is 6.30. The van der Waals surface area contributed by atoms with Crippen LogP contribution in [0.4, 0.5) is 26.7 Å². The highest BCUT2D eigenvalue weighted by atomic mass is 19.4. The fourth-order valence-electron chi connectivity index (χ4n) is 2.69. The highest BCUT2D eigenvalue weighted by molar-refractivity contribution is 5.74. The number of rotatable bonds is 7. The van der Waals surface area contributed by atoms with Crippen molar-refractivity contribution in [1.82, 2.24) is 15.6 Å². The van der Waals surface area contributed by atoms with Crippen molar-refractivity contribution in [3.05, 3.63) is 23.9 Å². The van der Waals surface area contributed by atoms with Gasteiger partial charge in [0.25, 0.3) is 0 Å². The predicted octanol–water partition coefficient (Wildman–Crippen LogP) is 3.30. The fraction of sp³-hybridized carbons (Fsp3) is 0.625. The van der Waals surface area contributed by atoms with Crippen LogP contribution in [0.25, 0.3) is 0 Å². The zero-order valence-electron chi connectivity index (χ0n) is 13.9. The van der Waals surface area contributed by atoms with Crippen molar-refractivity contribution in [2.45, 2.75) is 44.2 Å². The second-order valence-electron chi connectivity index (χ2n) is 6.14. The van der Waals surface area contributed by atoms with E-state index in [0.717, 1.165) is 0 Å². The van der Waals surface area contributed by atoms with E-state index in [4.69, 9.17) is 4.74 Å². The molecule has 3 unspecified atom stereocenters. The standard InChI is InChI=1S/C16H20F5N3O2/c17-7-12(18)9-26-14-5-10(3-4-22-14)8-23-15(25)24-13-2-1-11(6-13)16(19,20)21/h3-5,11-13H,1-2,6-9H2,(H2,23,24,25). The lowest BCUT2D eigenvalue weighted by Crippen LogP contribution is -2.41. The molecule has 0 spiro atoms. The minimum Gasteiger partial charge on any atom is -0.474 e. The summed E-state index contributed by atoms with van der Waals surface area (Å²) in [5.74, 6) is -1.29. The fourth-order valence-corrected chi connectivity index (χ4v) is 2.69. The van der Waals surface area contributed by atoms with E-state index < -0.39 is 43.6 Å². The van der Waals surface area contributed by atoms with Crippen molar-refractivity contribution in [2.75, 3.05) is 13.3 Å². The van der Waals surface area contributed by atoms with Crippen molar-refractivity contribution >= 4 is 6.03 Å². The highest BCUT2D eigenvalue weighted by Crippen LogP contribution is 2.38. The first kappa shape index (κ1) is 20.2. The number of halogens is 5. The maximum absolute atomic E-state index is 12.8. The van der Waals surface area contributed by atoms with Crippen LogP contribution in [0.5, 0.6) is 5.88 Å². The maximum Gasteiger partial charge on any atom is 0.391 e. The quantitative estimate of drug-likeness (QED) is 0.713. The van der Waals surface area contributed by atoms with Crippen molar-refractivity contribution in [3.63, 3.8) is 0 Å². The lowest BCUT2D eigenvalue weighted by Gasteiger charge is -2.16. The second-order valence-corrected chi connectivity index (χ2v) is 6.14. The summed E-state index contributed by atoms with van der Waals surface area (Å²) in [6.45, 7) is -1.54. The zero-order valence-corrected chi connectivity index (χ0v) is 13.9. The lowest BCUT2D eigenvalue weighted by atomic mass is 10.1. The monoisotopic (exact) mass is 381 g/mol. The molecule has 3 atom stereocenters. The Kier molecular flexibility index (Phi) is 6.98. The summed E-state index contributed by atoms with van der Waals surface area (Å²) in [6.07, 6.45) is -4.42. The van der Waals surface area contributed by atoms with Crippen molar-refractivity contribution < 1.29 is 31.5 Å². The predicted molar refractivity (Wildman–Crippen MR) is 83.2 cm³/mol. The van der Waals surface area contributed by atoms with E-state index >= 15 is 0 Å². The van der Waals surface area contributed by atoms with Crippen LogP contribution in [-0.2, 0) is 6.54 Å². The Morgan fingerprint density at radius 1 is 1.38 bits per heavy atom. The number of aromatic nitrogens is 1. The van der Waals surface area contributed by atoms with Gasteiger partial charge in [-0.1, -0.05) is 0 Å². The van der Waals surface area contributed by atoms with E-state index in [1.807, 2.05) is 0 Å². The van der Waals surface area contributed by atoms with Gasteiger partial charge in [-0.25, -0.2) is 18.6 Å². The van der Waals surface area contributed by atoms with Gasteiger partial charge in [0, 0.05) is 24.8 Å². The number of carbonyl (C=O) groups excluding carboxylic acids is 1. The molecule has 0 aromatic carbocycles. The molecule has 1 heterocycles. The summed E-state index contributed by atoms with van der Waals surface area (Å²) in [7, 11) is 0. The number of hydrogen-bond donors (Lipinski definition) is 2. The van der Waals surface area contributed by atoms with Gasteiger partial charge >= 0.3 is 12.2 Å². The highest BCUT2D eigenvalue weighted by Gasteiger charge is 2.44. The molecule has 1 aromatic heterocycles. The minimum atomic E-state index is -4.24. The number of pyridine rings is 1. The first-order chi connectivity index (χ1) is 12.3. The van der Waals surface area contributed by atoms with Crippen LogP contribution in [0.15, 0.2) is 18.3 Å². The van der Waals surface area contributed by atoms with Crippen molar-refractivity contribution in [1.29, 1.82) is 0 Å². The van der Waals surface area contributed by atoms with Gasteiger partial charge in [0.05, 0.1) is 5.92 Å². The Morgan fingerprint density at radius 3 is 2.81 bits per heavy atom. The summed E-state index contributed by atoms with van der Waals surface area (Å²) >= 11 is 0. The maximum atomic E-state index is 12.8. The van der Waals surface area contributed by atoms with Crippen LogP contribution < -0.4 is 15.4 Å². The van der Waals surface area contributed by atoms with Crippen LogP contribution in [0.3, 0.4) is 0 Å². The first-order valence-electron chi connectivity index (χ1n) is 8.16. The van der Waals surface area contributed by atoms with Crippen LogP contribution in [0, 0.1) is 5.92 Å². The summed E-state index contributed by atoms with van der Waals surface area (Å²) in [5, 5.41) is 5.06. The van der Waals surface area contributed by atoms with E-state index in [1.165, 1.54) is 12.3 Å². The van der Waals surface area contributed by atoms with Gasteiger partial charge in [-0.3, -0.25) is 0 Å². The van der Waals surface area contributed by atoms with E-state index in [9.17, 15) is 26.7 Å². The summed E-state index contributed by atoms with van der Waals surface area (Å²) < 4.78 is 67.7. The molecule has 146 valence electrons. The molecule has 2 amide bonds. The number of ether oxygens (including phenoxy) is 1. The Balaban J connectivity index is 1.75. The lowest BCUT2D eigenvalue weighted by molar-refractivity contribution is -0.172. The molecule has 1 aromatic rings. The smallest absolute Gasteiger partial charge is 0.391 e. The topological polar surface area (TPSA) is 63.2 Å². The molecule has 2 rings (SSSR count). The normalized spacial score (nSPS) is 21.3. The van der Waals surface area contributed by atoms with E-state index in [1.54, 1.807) is 6.07 Å². The first-order valence-corrected chi connectivity index (χ1v) is 8.16. The molecule has 10 heteroatoms. The number of alkyl halides is 5. The van der Waals surface area contributed by atoms with E-state index in [-0.39, 0.29) is 31.7 Å². The summed E-state index contributed by atoms with van der Waals surface area (Å²) in [5.41, 5.74) is 0.598. The van der Waals surface area contributed by atoms with Crippen LogP contribution in [-0.4, -0.2) is 42.7 Å². The Labute approximate surface area is 147 Å². The van der Waals surface area contributed by atoms with Crippen LogP contribution in [0.1, 0.15) is 24.8 Å². The van der Waals surface area contributed by atoms with Crippen LogP contribution >= 0.6 is 0 Å². The van der Waals surface area contributed by atoms with E-state index in [2.05, 4.69) is 15.6 Å². The number of nitrogens with zero attached hydrogens (tertiary/aromatic N) is 1. The molecule has 1 aliphatic carbocycles. The molecule has 2 N–H and O–H groups in total. The van der Waals surface area contributed by atoms with Gasteiger partial charge in [0.15, 0.2) is 6.17 Å². The van der Waals surface area contributed by atoms with Gasteiger partial charge in [0.1, 0.15) is 13.3 Å². The third-order valence-corrected chi connectivity index (χ3v) is 4.06. The van der Waals surface area contributed by atoms with Gasteiger partial charge in [-0.15, -0.1) is 0 Å². The van der Waals surface area contributed by atoms with E-state index in [0.29, 0.717) is 5.56 Å². The van der Waals surface area contributed by atoms with Gasteiger partial charge in [-0.05, 0) is 30.9 Å². The summed E-state index contributed by atoms with van der Waals surface area (Å²) in [4.78, 5) is 15.7. The molecule has 1 saturated carbocycles. The molecular formula is C16H20F5N3O2. The van der Waals surface area contributed by atoms with Crippen molar-refractivity contribution in [3.8, 4) is 5.88 Å². The average molecular weight is 381 g/mol. The molecule has 0 bridgehead atoms. The molecule has 1 fully saturated rings. The van der Waals surface area contributed by atoms with Gasteiger partial charge < -0.3 is 15.4 Å². The molecule has 0 saturated heterocycles. The van der Waals surface area contributed by atoms with Crippen molar-refractivity contribution in [2.24, 2.45) is 5.92 Å².